The quantitative estimate of drug-likeness (QED) is 0.262. The third kappa shape index (κ3) is 8.33. The number of hydrogen-bond donors (Lipinski definition) is 3. The molecule has 2 unspecified atom stereocenters. The third-order valence-corrected chi connectivity index (χ3v) is 6.41. The summed E-state index contributed by atoms with van der Waals surface area (Å²) in [6.45, 7) is 8.18. The van der Waals surface area contributed by atoms with Gasteiger partial charge in [0, 0.05) is 17.1 Å². The van der Waals surface area contributed by atoms with E-state index < -0.39 is 11.7 Å². The fourth-order valence-corrected chi connectivity index (χ4v) is 4.12. The van der Waals surface area contributed by atoms with Gasteiger partial charge in [-0.05, 0) is 76.8 Å². The number of unbranched alkanes of at least 4 members (excludes halogenated alkanes) is 1. The number of nitrogens with one attached hydrogen (secondary N) is 3. The summed E-state index contributed by atoms with van der Waals surface area (Å²) in [5, 5.41) is 10.2. The van der Waals surface area contributed by atoms with E-state index in [0.29, 0.717) is 15.0 Å². The molecule has 0 bridgehead atoms. The lowest BCUT2D eigenvalue weighted by molar-refractivity contribution is 0.0500. The molecule has 1 heterocycles. The minimum absolute atomic E-state index is 0.175. The number of thiocarbonyl (C=S) groups is 2. The summed E-state index contributed by atoms with van der Waals surface area (Å²) in [6, 6.07) is 13.1. The Morgan fingerprint density at radius 3 is 2.60 bits per heavy atom. The van der Waals surface area contributed by atoms with E-state index in [1.54, 1.807) is 0 Å². The number of carbonyl (C=O) groups is 1. The van der Waals surface area contributed by atoms with Crippen molar-refractivity contribution in [3.8, 4) is 5.75 Å². The number of amides is 1. The highest BCUT2D eigenvalue weighted by molar-refractivity contribution is 7.81. The monoisotopic (exact) mass is 533 g/mol. The predicted molar refractivity (Wildman–Crippen MR) is 150 cm³/mol. The maximum Gasteiger partial charge on any atom is 0.408 e. The smallest absolute Gasteiger partial charge is 0.408 e. The van der Waals surface area contributed by atoms with Gasteiger partial charge in [0.1, 0.15) is 27.4 Å². The Kier molecular flexibility index (Phi) is 9.33. The molecular formula is C26H32ClN3O3S2. The highest BCUT2D eigenvalue weighted by Crippen LogP contribution is 2.33. The number of hydrogen-bond acceptors (Lipinski definition) is 5. The van der Waals surface area contributed by atoms with Crippen molar-refractivity contribution < 1.29 is 14.3 Å². The molecule has 0 aromatic heterocycles. The molecule has 0 spiro atoms. The van der Waals surface area contributed by atoms with Gasteiger partial charge in [-0.2, -0.15) is 0 Å². The van der Waals surface area contributed by atoms with Crippen molar-refractivity contribution in [3.05, 3.63) is 58.6 Å². The number of fused-ring (bicyclic) bond motifs is 1. The van der Waals surface area contributed by atoms with Crippen molar-refractivity contribution in [2.24, 2.45) is 0 Å². The largest absolute Gasteiger partial charge is 0.481 e. The molecule has 35 heavy (non-hydrogen) atoms. The number of carbonyl (C=O) groups excluding carboxylic acids is 1. The highest BCUT2D eigenvalue weighted by Gasteiger charge is 2.24. The molecule has 0 saturated heterocycles. The van der Waals surface area contributed by atoms with Gasteiger partial charge in [-0.1, -0.05) is 54.2 Å². The van der Waals surface area contributed by atoms with Crippen LogP contribution in [0, 0.1) is 0 Å². The second-order valence-electron chi connectivity index (χ2n) is 9.46. The fourth-order valence-electron chi connectivity index (χ4n) is 3.59. The highest BCUT2D eigenvalue weighted by atomic mass is 35.5. The standard InChI is InChI=1S/C26H32ClN3O3S2/c1-16-23(34)29-21-15-18(10-13-22(21)32-16)20(30-25(31)33-26(2,3)4)7-5-6-14-28-24(35)17-8-11-19(27)12-9-17/h8-13,15-16,20H,5-7,14H2,1-4H3,(H,28,35)(H,29,34)(H,30,31). The lowest BCUT2D eigenvalue weighted by Gasteiger charge is -2.28. The van der Waals surface area contributed by atoms with Crippen LogP contribution < -0.4 is 20.7 Å². The van der Waals surface area contributed by atoms with Gasteiger partial charge in [0.2, 0.25) is 0 Å². The molecule has 2 aromatic rings. The topological polar surface area (TPSA) is 71.6 Å². The first kappa shape index (κ1) is 27.2. The zero-order valence-electron chi connectivity index (χ0n) is 20.4. The van der Waals surface area contributed by atoms with E-state index in [-0.39, 0.29) is 12.1 Å². The lowest BCUT2D eigenvalue weighted by Crippen LogP contribution is -2.35. The third-order valence-electron chi connectivity index (χ3n) is 5.34. The molecule has 2 atom stereocenters. The van der Waals surface area contributed by atoms with Crippen molar-refractivity contribution >= 4 is 57.8 Å². The molecule has 0 radical (unpaired) electrons. The fraction of sp³-hybridized carbons (Fsp3) is 0.423. The first-order valence-corrected chi connectivity index (χ1v) is 12.9. The van der Waals surface area contributed by atoms with Crippen molar-refractivity contribution in [2.45, 2.75) is 64.7 Å². The van der Waals surface area contributed by atoms with Gasteiger partial charge in [-0.3, -0.25) is 0 Å². The summed E-state index contributed by atoms with van der Waals surface area (Å²) < 4.78 is 11.4. The Hall–Kier alpha value is -2.42. The van der Waals surface area contributed by atoms with Crippen LogP contribution in [0.15, 0.2) is 42.5 Å². The number of benzene rings is 2. The molecule has 2 aromatic carbocycles. The van der Waals surface area contributed by atoms with Crippen molar-refractivity contribution in [1.29, 1.82) is 0 Å². The average molecular weight is 534 g/mol. The molecule has 1 aliphatic rings. The van der Waals surface area contributed by atoms with Gasteiger partial charge in [-0.25, -0.2) is 4.79 Å². The first-order chi connectivity index (χ1) is 16.5. The Morgan fingerprint density at radius 1 is 1.20 bits per heavy atom. The van der Waals surface area contributed by atoms with E-state index in [4.69, 9.17) is 45.5 Å². The molecular weight excluding hydrogens is 502 g/mol. The van der Waals surface area contributed by atoms with Crippen LogP contribution in [0.4, 0.5) is 10.5 Å². The number of alkyl carbamates (subject to hydrolysis) is 1. The molecule has 1 amide bonds. The molecule has 188 valence electrons. The number of ether oxygens (including phenoxy) is 2. The van der Waals surface area contributed by atoms with Crippen molar-refractivity contribution in [1.82, 2.24) is 10.6 Å². The van der Waals surface area contributed by atoms with Gasteiger partial charge in [0.25, 0.3) is 0 Å². The van der Waals surface area contributed by atoms with E-state index in [2.05, 4.69) is 16.0 Å². The van der Waals surface area contributed by atoms with E-state index in [9.17, 15) is 4.79 Å². The number of halogens is 1. The summed E-state index contributed by atoms with van der Waals surface area (Å²) >= 11 is 16.8. The zero-order valence-corrected chi connectivity index (χ0v) is 22.8. The minimum atomic E-state index is -0.580. The van der Waals surface area contributed by atoms with Gasteiger partial charge in [-0.15, -0.1) is 0 Å². The van der Waals surface area contributed by atoms with Gasteiger partial charge in [0.15, 0.2) is 0 Å². The minimum Gasteiger partial charge on any atom is -0.481 e. The molecule has 9 heteroatoms. The van der Waals surface area contributed by atoms with E-state index >= 15 is 0 Å². The molecule has 0 fully saturated rings. The zero-order chi connectivity index (χ0) is 25.6. The summed E-state index contributed by atoms with van der Waals surface area (Å²) in [5.74, 6) is 0.741. The van der Waals surface area contributed by atoms with E-state index in [0.717, 1.165) is 48.4 Å². The number of rotatable bonds is 8. The molecule has 6 nitrogen and oxygen atoms in total. The second-order valence-corrected chi connectivity index (χ2v) is 10.7. The maximum atomic E-state index is 12.6. The van der Waals surface area contributed by atoms with Crippen LogP contribution in [-0.2, 0) is 4.74 Å². The van der Waals surface area contributed by atoms with Crippen LogP contribution in [0.25, 0.3) is 0 Å². The predicted octanol–water partition coefficient (Wildman–Crippen LogP) is 6.56. The SMILES string of the molecule is CC1Oc2ccc(C(CCCCNC(=S)c3ccc(Cl)cc3)NC(=O)OC(C)(C)C)cc2NC1=S. The summed E-state index contributed by atoms with van der Waals surface area (Å²) in [7, 11) is 0. The van der Waals surface area contributed by atoms with Crippen molar-refractivity contribution in [3.63, 3.8) is 0 Å². The maximum absolute atomic E-state index is 12.6. The Bertz CT molecular complexity index is 1070. The Labute approximate surface area is 223 Å². The van der Waals surface area contributed by atoms with Gasteiger partial charge in [0.05, 0.1) is 11.7 Å². The molecule has 0 aliphatic carbocycles. The Balaban J connectivity index is 1.61. The van der Waals surface area contributed by atoms with Crippen LogP contribution in [0.5, 0.6) is 5.75 Å². The van der Waals surface area contributed by atoms with Crippen LogP contribution in [-0.4, -0.2) is 34.3 Å². The van der Waals surface area contributed by atoms with E-state index in [1.165, 1.54) is 0 Å². The number of anilines is 1. The van der Waals surface area contributed by atoms with Crippen LogP contribution >= 0.6 is 36.0 Å². The van der Waals surface area contributed by atoms with Crippen LogP contribution in [0.3, 0.4) is 0 Å². The first-order valence-electron chi connectivity index (χ1n) is 11.7. The van der Waals surface area contributed by atoms with Crippen LogP contribution in [0.2, 0.25) is 5.02 Å². The average Bonchev–Trinajstić information content (AvgIpc) is 2.77. The lowest BCUT2D eigenvalue weighted by atomic mass is 9.99. The molecule has 3 N–H and O–H groups in total. The molecule has 0 saturated carbocycles. The van der Waals surface area contributed by atoms with Crippen molar-refractivity contribution in [2.75, 3.05) is 11.9 Å². The van der Waals surface area contributed by atoms with Crippen LogP contribution in [0.1, 0.15) is 64.1 Å². The normalized spacial score (nSPS) is 15.8. The molecule has 3 rings (SSSR count). The summed E-state index contributed by atoms with van der Waals surface area (Å²) in [4.78, 5) is 13.9. The van der Waals surface area contributed by atoms with Gasteiger partial charge >= 0.3 is 6.09 Å². The summed E-state index contributed by atoms with van der Waals surface area (Å²) in [6.07, 6.45) is 1.86. The van der Waals surface area contributed by atoms with E-state index in [1.807, 2.05) is 70.2 Å². The second kappa shape index (κ2) is 12.0. The summed E-state index contributed by atoms with van der Waals surface area (Å²) in [5.41, 5.74) is 2.11. The Morgan fingerprint density at radius 2 is 1.91 bits per heavy atom. The van der Waals surface area contributed by atoms with Gasteiger partial charge < -0.3 is 25.4 Å². The molecule has 1 aliphatic heterocycles.